The molecular formula is C8H7NO4S. The SMILES string of the molecule is CS(=O)(=O)Oc1nc2ccccc2o1. The average molecular weight is 213 g/mol. The van der Waals surface area contributed by atoms with Crippen LogP contribution in [-0.4, -0.2) is 19.7 Å². The summed E-state index contributed by atoms with van der Waals surface area (Å²) in [6.07, 6.45) is 0.677. The van der Waals surface area contributed by atoms with Gasteiger partial charge < -0.3 is 8.60 Å². The molecule has 0 saturated carbocycles. The van der Waals surface area contributed by atoms with Crippen molar-refractivity contribution in [3.63, 3.8) is 0 Å². The van der Waals surface area contributed by atoms with Gasteiger partial charge in [-0.05, 0) is 12.1 Å². The van der Waals surface area contributed by atoms with Crippen LogP contribution in [0.2, 0.25) is 0 Å². The predicted octanol–water partition coefficient (Wildman–Crippen LogP) is 1.17. The molecule has 74 valence electrons. The number of hydrogen-bond donors (Lipinski definition) is 0. The zero-order chi connectivity index (χ0) is 10.2. The molecule has 14 heavy (non-hydrogen) atoms. The van der Waals surface area contributed by atoms with Gasteiger partial charge in [0.15, 0.2) is 5.58 Å². The van der Waals surface area contributed by atoms with Crippen molar-refractivity contribution in [2.24, 2.45) is 0 Å². The Kier molecular flexibility index (Phi) is 1.92. The monoisotopic (exact) mass is 213 g/mol. The van der Waals surface area contributed by atoms with Crippen LogP contribution in [0, 0.1) is 0 Å². The van der Waals surface area contributed by atoms with Crippen LogP contribution in [-0.2, 0) is 10.1 Å². The van der Waals surface area contributed by atoms with Crippen molar-refractivity contribution in [3.8, 4) is 6.08 Å². The molecule has 0 fully saturated rings. The minimum atomic E-state index is -3.58. The van der Waals surface area contributed by atoms with E-state index in [4.69, 9.17) is 4.42 Å². The quantitative estimate of drug-likeness (QED) is 0.700. The van der Waals surface area contributed by atoms with E-state index in [2.05, 4.69) is 9.17 Å². The largest absolute Gasteiger partial charge is 0.410 e. The lowest BCUT2D eigenvalue weighted by Crippen LogP contribution is -2.05. The highest BCUT2D eigenvalue weighted by atomic mass is 32.2. The van der Waals surface area contributed by atoms with Gasteiger partial charge in [-0.3, -0.25) is 0 Å². The summed E-state index contributed by atoms with van der Waals surface area (Å²) >= 11 is 0. The Hall–Kier alpha value is -1.56. The Labute approximate surface area is 80.4 Å². The van der Waals surface area contributed by atoms with Crippen molar-refractivity contribution in [1.82, 2.24) is 4.98 Å². The van der Waals surface area contributed by atoms with Crippen molar-refractivity contribution in [2.75, 3.05) is 6.26 Å². The van der Waals surface area contributed by atoms with E-state index in [9.17, 15) is 8.42 Å². The summed E-state index contributed by atoms with van der Waals surface area (Å²) < 4.78 is 31.0. The molecule has 1 aromatic carbocycles. The number of para-hydroxylation sites is 2. The van der Waals surface area contributed by atoms with Crippen molar-refractivity contribution >= 4 is 21.2 Å². The second-order valence-corrected chi connectivity index (χ2v) is 4.31. The highest BCUT2D eigenvalue weighted by molar-refractivity contribution is 7.86. The second-order valence-electron chi connectivity index (χ2n) is 2.73. The zero-order valence-corrected chi connectivity index (χ0v) is 8.11. The molecule has 0 radical (unpaired) electrons. The number of benzene rings is 1. The van der Waals surface area contributed by atoms with Gasteiger partial charge >= 0.3 is 16.2 Å². The lowest BCUT2D eigenvalue weighted by atomic mass is 10.3. The maximum Gasteiger partial charge on any atom is 0.410 e. The van der Waals surface area contributed by atoms with E-state index in [-0.39, 0.29) is 6.08 Å². The van der Waals surface area contributed by atoms with E-state index in [1.807, 2.05) is 0 Å². The van der Waals surface area contributed by atoms with Crippen molar-refractivity contribution in [3.05, 3.63) is 24.3 Å². The highest BCUT2D eigenvalue weighted by Gasteiger charge is 2.11. The van der Waals surface area contributed by atoms with Crippen LogP contribution in [0.15, 0.2) is 28.7 Å². The Morgan fingerprint density at radius 2 is 2.07 bits per heavy atom. The van der Waals surface area contributed by atoms with Crippen LogP contribution in [0.1, 0.15) is 0 Å². The molecule has 0 N–H and O–H groups in total. The van der Waals surface area contributed by atoms with E-state index in [0.717, 1.165) is 6.26 Å². The number of hydrogen-bond acceptors (Lipinski definition) is 5. The number of oxazole rings is 1. The lowest BCUT2D eigenvalue weighted by Gasteiger charge is -1.93. The van der Waals surface area contributed by atoms with Gasteiger partial charge in [0, 0.05) is 0 Å². The molecule has 0 atom stereocenters. The Morgan fingerprint density at radius 3 is 2.71 bits per heavy atom. The minimum absolute atomic E-state index is 0.256. The minimum Gasteiger partial charge on any atom is -0.408 e. The fourth-order valence-electron chi connectivity index (χ4n) is 1.02. The second kappa shape index (κ2) is 2.98. The van der Waals surface area contributed by atoms with Crippen LogP contribution >= 0.6 is 0 Å². The standard InChI is InChI=1S/C8H7NO4S/c1-14(10,11)13-8-9-6-4-2-3-5-7(6)12-8/h2-5H,1H3. The maximum absolute atomic E-state index is 10.8. The Balaban J connectivity index is 2.46. The van der Waals surface area contributed by atoms with Crippen LogP contribution in [0.3, 0.4) is 0 Å². The van der Waals surface area contributed by atoms with Crippen LogP contribution in [0.4, 0.5) is 0 Å². The van der Waals surface area contributed by atoms with E-state index < -0.39 is 10.1 Å². The number of fused-ring (bicyclic) bond motifs is 1. The molecule has 0 unspecified atom stereocenters. The van der Waals surface area contributed by atoms with Crippen LogP contribution in [0.25, 0.3) is 11.1 Å². The summed E-state index contributed by atoms with van der Waals surface area (Å²) in [6.45, 7) is 0. The van der Waals surface area contributed by atoms with Crippen LogP contribution < -0.4 is 4.18 Å². The van der Waals surface area contributed by atoms with Crippen molar-refractivity contribution in [1.29, 1.82) is 0 Å². The molecule has 0 aliphatic carbocycles. The topological polar surface area (TPSA) is 69.4 Å². The summed E-state index contributed by atoms with van der Waals surface area (Å²) in [5.41, 5.74) is 1.05. The molecule has 0 bridgehead atoms. The van der Waals surface area contributed by atoms with Crippen molar-refractivity contribution in [2.45, 2.75) is 0 Å². The van der Waals surface area contributed by atoms with Gasteiger partial charge in [0.05, 0.1) is 6.26 Å². The molecule has 6 heteroatoms. The fraction of sp³-hybridized carbons (Fsp3) is 0.125. The summed E-state index contributed by atoms with van der Waals surface area (Å²) in [7, 11) is -3.58. The van der Waals surface area contributed by atoms with E-state index >= 15 is 0 Å². The summed E-state index contributed by atoms with van der Waals surface area (Å²) in [5.74, 6) is 0. The molecule has 0 amide bonds. The third kappa shape index (κ3) is 1.85. The highest BCUT2D eigenvalue weighted by Crippen LogP contribution is 2.20. The van der Waals surface area contributed by atoms with E-state index in [1.165, 1.54) is 0 Å². The molecule has 1 heterocycles. The zero-order valence-electron chi connectivity index (χ0n) is 7.30. The third-order valence-electron chi connectivity index (χ3n) is 1.50. The van der Waals surface area contributed by atoms with Gasteiger partial charge in [0.25, 0.3) is 0 Å². The Morgan fingerprint density at radius 1 is 1.36 bits per heavy atom. The summed E-state index contributed by atoms with van der Waals surface area (Å²) in [4.78, 5) is 3.83. The van der Waals surface area contributed by atoms with E-state index in [0.29, 0.717) is 11.1 Å². The lowest BCUT2D eigenvalue weighted by molar-refractivity contribution is 0.385. The van der Waals surface area contributed by atoms with Gasteiger partial charge in [-0.15, -0.1) is 0 Å². The van der Waals surface area contributed by atoms with Gasteiger partial charge in [0.1, 0.15) is 5.52 Å². The smallest absolute Gasteiger partial charge is 0.408 e. The molecule has 2 aromatic rings. The predicted molar refractivity (Wildman–Crippen MR) is 49.5 cm³/mol. The molecule has 0 spiro atoms. The molecular weight excluding hydrogens is 206 g/mol. The first-order valence-electron chi connectivity index (χ1n) is 3.80. The van der Waals surface area contributed by atoms with Gasteiger partial charge in [-0.25, -0.2) is 0 Å². The first-order valence-corrected chi connectivity index (χ1v) is 5.61. The first-order chi connectivity index (χ1) is 6.54. The molecule has 0 saturated heterocycles. The number of nitrogens with zero attached hydrogens (tertiary/aromatic N) is 1. The third-order valence-corrected chi connectivity index (χ3v) is 1.94. The maximum atomic E-state index is 10.8. The first kappa shape index (κ1) is 9.01. The van der Waals surface area contributed by atoms with Crippen LogP contribution in [0.5, 0.6) is 6.08 Å². The summed E-state index contributed by atoms with van der Waals surface area (Å²) in [5, 5.41) is 0. The Bertz CT molecular complexity index is 524. The molecule has 5 nitrogen and oxygen atoms in total. The van der Waals surface area contributed by atoms with Gasteiger partial charge in [-0.2, -0.15) is 13.4 Å². The molecule has 0 aliphatic heterocycles. The van der Waals surface area contributed by atoms with Crippen molar-refractivity contribution < 1.29 is 17.0 Å². The van der Waals surface area contributed by atoms with Gasteiger partial charge in [0.2, 0.25) is 0 Å². The normalized spacial score (nSPS) is 11.8. The fourth-order valence-corrected chi connectivity index (χ4v) is 1.35. The van der Waals surface area contributed by atoms with E-state index in [1.54, 1.807) is 24.3 Å². The number of aromatic nitrogens is 1. The molecule has 1 aromatic heterocycles. The molecule has 0 aliphatic rings. The van der Waals surface area contributed by atoms with Gasteiger partial charge in [-0.1, -0.05) is 12.1 Å². The number of rotatable bonds is 2. The summed E-state index contributed by atoms with van der Waals surface area (Å²) in [6, 6.07) is 6.91. The average Bonchev–Trinajstić information content (AvgIpc) is 2.42. The molecule has 2 rings (SSSR count).